The van der Waals surface area contributed by atoms with Crippen molar-refractivity contribution in [3.8, 4) is 22.5 Å². The summed E-state index contributed by atoms with van der Waals surface area (Å²) in [5, 5.41) is 13.2. The van der Waals surface area contributed by atoms with Crippen LogP contribution in [-0.2, 0) is 4.79 Å². The SMILES string of the molecule is CN1CCC(C(=O)Nc2cncc(-c3cnc4[nH]nc(-c5cc6c(C(=O)N(C)N)cccc6[nH]5)c4c3)c2)CC1. The molecule has 0 aliphatic carbocycles. The summed E-state index contributed by atoms with van der Waals surface area (Å²) in [4.78, 5) is 39.9. The van der Waals surface area contributed by atoms with Crippen LogP contribution in [0.3, 0.4) is 0 Å². The Kier molecular flexibility index (Phi) is 6.29. The number of carbonyl (C=O) groups is 2. The summed E-state index contributed by atoms with van der Waals surface area (Å²) in [5.41, 5.74) is 5.67. The highest BCUT2D eigenvalue weighted by molar-refractivity contribution is 6.08. The number of H-pyrrole nitrogens is 2. The van der Waals surface area contributed by atoms with Gasteiger partial charge in [0.25, 0.3) is 5.91 Å². The number of likely N-dealkylation sites (tertiary alicyclic amines) is 1. The van der Waals surface area contributed by atoms with E-state index < -0.39 is 0 Å². The van der Waals surface area contributed by atoms with Crippen LogP contribution < -0.4 is 11.2 Å². The summed E-state index contributed by atoms with van der Waals surface area (Å²) < 4.78 is 0. The van der Waals surface area contributed by atoms with E-state index in [9.17, 15) is 9.59 Å². The second-order valence-electron chi connectivity index (χ2n) is 10.1. The van der Waals surface area contributed by atoms with Gasteiger partial charge in [0.05, 0.1) is 23.1 Å². The van der Waals surface area contributed by atoms with E-state index in [2.05, 4.69) is 42.4 Å². The number of carbonyl (C=O) groups excluding carboxylic acids is 2. The molecule has 0 saturated carbocycles. The van der Waals surface area contributed by atoms with Gasteiger partial charge in [-0.1, -0.05) is 6.07 Å². The van der Waals surface area contributed by atoms with Crippen molar-refractivity contribution in [2.24, 2.45) is 11.8 Å². The molecule has 1 aromatic carbocycles. The zero-order valence-electron chi connectivity index (χ0n) is 21.7. The lowest BCUT2D eigenvalue weighted by molar-refractivity contribution is -0.121. The van der Waals surface area contributed by atoms with Crippen LogP contribution >= 0.6 is 0 Å². The second kappa shape index (κ2) is 9.93. The molecule has 2 amide bonds. The topological polar surface area (TPSA) is 149 Å². The number of benzene rings is 1. The minimum absolute atomic E-state index is 0.00809. The van der Waals surface area contributed by atoms with Crippen molar-refractivity contribution in [2.45, 2.75) is 12.8 Å². The highest BCUT2D eigenvalue weighted by atomic mass is 16.2. The average Bonchev–Trinajstić information content (AvgIpc) is 3.56. The summed E-state index contributed by atoms with van der Waals surface area (Å²) in [7, 11) is 3.60. The van der Waals surface area contributed by atoms with Crippen LogP contribution in [0, 0.1) is 5.92 Å². The molecule has 39 heavy (non-hydrogen) atoms. The van der Waals surface area contributed by atoms with E-state index in [1.807, 2.05) is 30.3 Å². The minimum Gasteiger partial charge on any atom is -0.353 e. The second-order valence-corrected chi connectivity index (χ2v) is 10.1. The molecule has 0 atom stereocenters. The molecule has 0 unspecified atom stereocenters. The van der Waals surface area contributed by atoms with Crippen molar-refractivity contribution in [2.75, 3.05) is 32.5 Å². The molecule has 5 aromatic rings. The Hall–Kier alpha value is -4.61. The Morgan fingerprint density at radius 1 is 1.08 bits per heavy atom. The van der Waals surface area contributed by atoms with Crippen molar-refractivity contribution >= 4 is 39.4 Å². The molecule has 6 rings (SSSR count). The van der Waals surface area contributed by atoms with Crippen LogP contribution in [0.15, 0.2) is 55.0 Å². The molecule has 1 saturated heterocycles. The zero-order chi connectivity index (χ0) is 27.1. The summed E-state index contributed by atoms with van der Waals surface area (Å²) in [6.07, 6.45) is 6.87. The molecule has 5 N–H and O–H groups in total. The lowest BCUT2D eigenvalue weighted by atomic mass is 9.96. The first kappa shape index (κ1) is 24.7. The van der Waals surface area contributed by atoms with Crippen molar-refractivity contribution in [1.82, 2.24) is 35.1 Å². The quantitative estimate of drug-likeness (QED) is 0.157. The van der Waals surface area contributed by atoms with E-state index in [1.54, 1.807) is 24.7 Å². The molecule has 11 heteroatoms. The Bertz CT molecular complexity index is 1700. The minimum atomic E-state index is -0.280. The summed E-state index contributed by atoms with van der Waals surface area (Å²) in [5.74, 6) is 5.47. The van der Waals surface area contributed by atoms with Gasteiger partial charge < -0.3 is 15.2 Å². The van der Waals surface area contributed by atoms with Crippen LogP contribution in [0.2, 0.25) is 0 Å². The molecule has 0 spiro atoms. The Labute approximate surface area is 224 Å². The predicted octanol–water partition coefficient (Wildman–Crippen LogP) is 3.39. The number of nitrogens with two attached hydrogens (primary N) is 1. The van der Waals surface area contributed by atoms with Gasteiger partial charge in [-0.2, -0.15) is 5.10 Å². The number of piperidine rings is 1. The van der Waals surface area contributed by atoms with E-state index in [-0.39, 0.29) is 17.7 Å². The first-order valence-electron chi connectivity index (χ1n) is 12.8. The Morgan fingerprint density at radius 2 is 1.87 bits per heavy atom. The fourth-order valence-corrected chi connectivity index (χ4v) is 5.11. The molecule has 1 fully saturated rings. The van der Waals surface area contributed by atoms with Crippen LogP contribution in [0.25, 0.3) is 44.5 Å². The fourth-order valence-electron chi connectivity index (χ4n) is 5.11. The number of rotatable bonds is 5. The number of aromatic amines is 2. The van der Waals surface area contributed by atoms with Gasteiger partial charge in [-0.15, -0.1) is 0 Å². The molecule has 198 valence electrons. The van der Waals surface area contributed by atoms with Crippen LogP contribution in [-0.4, -0.2) is 74.1 Å². The molecule has 1 aliphatic heterocycles. The van der Waals surface area contributed by atoms with E-state index in [4.69, 9.17) is 5.84 Å². The van der Waals surface area contributed by atoms with Crippen molar-refractivity contribution in [1.29, 1.82) is 0 Å². The predicted molar refractivity (Wildman–Crippen MR) is 150 cm³/mol. The number of nitrogens with one attached hydrogen (secondary N) is 3. The Morgan fingerprint density at radius 3 is 2.67 bits per heavy atom. The van der Waals surface area contributed by atoms with Gasteiger partial charge in [0, 0.05) is 52.8 Å². The maximum absolute atomic E-state index is 12.8. The molecule has 4 aromatic heterocycles. The summed E-state index contributed by atoms with van der Waals surface area (Å²) >= 11 is 0. The lowest BCUT2D eigenvalue weighted by Crippen LogP contribution is -2.35. The monoisotopic (exact) mass is 523 g/mol. The van der Waals surface area contributed by atoms with E-state index >= 15 is 0 Å². The first-order chi connectivity index (χ1) is 18.9. The number of hydrazine groups is 1. The van der Waals surface area contributed by atoms with Crippen LogP contribution in [0.1, 0.15) is 23.2 Å². The van der Waals surface area contributed by atoms with Gasteiger partial charge in [-0.25, -0.2) is 10.8 Å². The molecule has 0 bridgehead atoms. The molecular formula is C28H29N9O2. The third-order valence-corrected chi connectivity index (χ3v) is 7.31. The molecule has 0 radical (unpaired) electrons. The number of aromatic nitrogens is 5. The maximum Gasteiger partial charge on any atom is 0.268 e. The third kappa shape index (κ3) is 4.73. The van der Waals surface area contributed by atoms with Crippen molar-refractivity contribution in [3.63, 3.8) is 0 Å². The number of nitrogens with zero attached hydrogens (tertiary/aromatic N) is 5. The zero-order valence-corrected chi connectivity index (χ0v) is 21.7. The van der Waals surface area contributed by atoms with Crippen molar-refractivity contribution in [3.05, 3.63) is 60.6 Å². The standard InChI is InChI=1S/C28H29N9O2/c1-36-8-6-16(7-9-36)27(38)32-19-10-17(13-30-15-19)18-11-22-25(34-35-26(22)31-14-18)24-12-21-20(28(39)37(2)29)4-3-5-23(21)33-24/h3-5,10-16,33H,6-9,29H2,1-2H3,(H,32,38)(H,31,34,35). The Balaban J connectivity index is 1.31. The van der Waals surface area contributed by atoms with Gasteiger partial charge in [0.15, 0.2) is 5.65 Å². The van der Waals surface area contributed by atoms with Gasteiger partial charge >= 0.3 is 0 Å². The van der Waals surface area contributed by atoms with Gasteiger partial charge in [0.1, 0.15) is 5.69 Å². The first-order valence-corrected chi connectivity index (χ1v) is 12.8. The number of hydrogen-bond donors (Lipinski definition) is 4. The van der Waals surface area contributed by atoms with Crippen LogP contribution in [0.5, 0.6) is 0 Å². The maximum atomic E-state index is 12.8. The summed E-state index contributed by atoms with van der Waals surface area (Å²) in [6.45, 7) is 1.85. The average molecular weight is 524 g/mol. The fraction of sp³-hybridized carbons (Fsp3) is 0.250. The molecule has 1 aliphatic rings. The van der Waals surface area contributed by atoms with Gasteiger partial charge in [-0.3, -0.25) is 24.7 Å². The smallest absolute Gasteiger partial charge is 0.268 e. The van der Waals surface area contributed by atoms with E-state index in [0.29, 0.717) is 22.6 Å². The largest absolute Gasteiger partial charge is 0.353 e. The number of amides is 2. The van der Waals surface area contributed by atoms with E-state index in [0.717, 1.165) is 64.1 Å². The highest BCUT2D eigenvalue weighted by Crippen LogP contribution is 2.32. The van der Waals surface area contributed by atoms with Gasteiger partial charge in [-0.05, 0) is 63.3 Å². The third-order valence-electron chi connectivity index (χ3n) is 7.31. The number of fused-ring (bicyclic) bond motifs is 2. The highest BCUT2D eigenvalue weighted by Gasteiger charge is 2.23. The molecule has 11 nitrogen and oxygen atoms in total. The summed E-state index contributed by atoms with van der Waals surface area (Å²) in [6, 6.07) is 11.3. The molecular weight excluding hydrogens is 494 g/mol. The molecule has 5 heterocycles. The van der Waals surface area contributed by atoms with Crippen molar-refractivity contribution < 1.29 is 9.59 Å². The lowest BCUT2D eigenvalue weighted by Gasteiger charge is -2.28. The van der Waals surface area contributed by atoms with Crippen LogP contribution in [0.4, 0.5) is 5.69 Å². The number of anilines is 1. The van der Waals surface area contributed by atoms with E-state index in [1.165, 1.54) is 7.05 Å². The normalized spacial score (nSPS) is 14.6. The number of pyridine rings is 2. The number of hydrogen-bond acceptors (Lipinski definition) is 7. The van der Waals surface area contributed by atoms with Gasteiger partial charge in [0.2, 0.25) is 5.91 Å².